The van der Waals surface area contributed by atoms with Crippen LogP contribution in [0, 0.1) is 6.92 Å². The molecule has 1 aromatic carbocycles. The normalized spacial score (nSPS) is 15.6. The highest BCUT2D eigenvalue weighted by Gasteiger charge is 2.33. The maximum Gasteiger partial charge on any atom is 0.276 e. The molecule has 0 fully saturated rings. The third-order valence-electron chi connectivity index (χ3n) is 5.02. The van der Waals surface area contributed by atoms with Crippen LogP contribution < -0.4 is 10.6 Å². The predicted octanol–water partition coefficient (Wildman–Crippen LogP) is 2.93. The monoisotopic (exact) mass is 409 g/mol. The number of aryl methyl sites for hydroxylation is 1. The molecular weight excluding hydrogens is 386 g/mol. The van der Waals surface area contributed by atoms with Gasteiger partial charge in [-0.25, -0.2) is 4.98 Å². The second kappa shape index (κ2) is 8.08. The molecule has 8 heteroatoms. The number of aromatic nitrogens is 3. The number of anilines is 2. The minimum absolute atomic E-state index is 0. The summed E-state index contributed by atoms with van der Waals surface area (Å²) in [6.45, 7) is 4.54. The van der Waals surface area contributed by atoms with Gasteiger partial charge in [0.25, 0.3) is 5.91 Å². The van der Waals surface area contributed by atoms with Crippen molar-refractivity contribution in [3.8, 4) is 0 Å². The minimum Gasteiger partial charge on any atom is -0.383 e. The first-order chi connectivity index (χ1) is 13.5. The molecule has 1 amide bonds. The van der Waals surface area contributed by atoms with Crippen molar-refractivity contribution in [1.29, 1.82) is 0 Å². The Labute approximate surface area is 176 Å². The molecule has 3 heterocycles. The van der Waals surface area contributed by atoms with E-state index >= 15 is 0 Å². The molecule has 1 aliphatic heterocycles. The number of rotatable bonds is 4. The van der Waals surface area contributed by atoms with E-state index in [2.05, 4.69) is 10.1 Å². The summed E-state index contributed by atoms with van der Waals surface area (Å²) in [7, 11) is 0. The first-order valence-electron chi connectivity index (χ1n) is 9.14. The van der Waals surface area contributed by atoms with Crippen molar-refractivity contribution in [3.63, 3.8) is 0 Å². The SMILES string of the molecule is Cc1ccc(N2C[C@H](C)n3ncc(CC(=O)c4cccnc4N)c3C2=O)cc1.S. The van der Waals surface area contributed by atoms with Gasteiger partial charge in [0.2, 0.25) is 0 Å². The number of nitrogens with two attached hydrogens (primary N) is 1. The van der Waals surface area contributed by atoms with Crippen LogP contribution in [-0.4, -0.2) is 33.0 Å². The van der Waals surface area contributed by atoms with E-state index in [0.29, 0.717) is 23.4 Å². The van der Waals surface area contributed by atoms with Crippen LogP contribution in [0.4, 0.5) is 11.5 Å². The van der Waals surface area contributed by atoms with Crippen molar-refractivity contribution in [3.05, 3.63) is 71.2 Å². The zero-order valence-corrected chi connectivity index (χ0v) is 17.3. The van der Waals surface area contributed by atoms with Crippen LogP contribution in [0.5, 0.6) is 0 Å². The van der Waals surface area contributed by atoms with Crippen molar-refractivity contribution in [2.45, 2.75) is 26.3 Å². The van der Waals surface area contributed by atoms with Gasteiger partial charge in [-0.3, -0.25) is 14.3 Å². The number of fused-ring (bicyclic) bond motifs is 1. The van der Waals surface area contributed by atoms with E-state index in [9.17, 15) is 9.59 Å². The zero-order valence-electron chi connectivity index (χ0n) is 16.3. The van der Waals surface area contributed by atoms with Crippen molar-refractivity contribution in [2.75, 3.05) is 17.2 Å². The largest absolute Gasteiger partial charge is 0.383 e. The van der Waals surface area contributed by atoms with E-state index in [1.807, 2.05) is 38.1 Å². The average Bonchev–Trinajstić information content (AvgIpc) is 3.10. The van der Waals surface area contributed by atoms with E-state index < -0.39 is 0 Å². The highest BCUT2D eigenvalue weighted by Crippen LogP contribution is 2.28. The smallest absolute Gasteiger partial charge is 0.276 e. The van der Waals surface area contributed by atoms with Crippen LogP contribution in [-0.2, 0) is 6.42 Å². The van der Waals surface area contributed by atoms with Gasteiger partial charge in [-0.2, -0.15) is 18.6 Å². The fourth-order valence-corrected chi connectivity index (χ4v) is 3.52. The third-order valence-corrected chi connectivity index (χ3v) is 5.02. The Bertz CT molecular complexity index is 1060. The highest BCUT2D eigenvalue weighted by atomic mass is 32.1. The van der Waals surface area contributed by atoms with Gasteiger partial charge in [-0.05, 0) is 38.1 Å². The van der Waals surface area contributed by atoms with E-state index in [1.165, 1.54) is 0 Å². The first kappa shape index (κ1) is 20.6. The molecule has 2 N–H and O–H groups in total. The number of nitrogens with zero attached hydrogens (tertiary/aromatic N) is 4. The maximum atomic E-state index is 13.2. The number of carbonyl (C=O) groups excluding carboxylic acids is 2. The van der Waals surface area contributed by atoms with Crippen molar-refractivity contribution < 1.29 is 9.59 Å². The number of Topliss-reactive ketones (excluding diaryl/α,β-unsaturated/α-hetero) is 1. The van der Waals surface area contributed by atoms with Crippen LogP contribution in [0.1, 0.15) is 44.9 Å². The van der Waals surface area contributed by atoms with E-state index in [1.54, 1.807) is 34.1 Å². The highest BCUT2D eigenvalue weighted by molar-refractivity contribution is 7.59. The molecule has 0 saturated carbocycles. The summed E-state index contributed by atoms with van der Waals surface area (Å²) in [5, 5.41) is 4.37. The number of benzene rings is 1. The van der Waals surface area contributed by atoms with Crippen LogP contribution in [0.15, 0.2) is 48.8 Å². The molecule has 3 aromatic rings. The Morgan fingerprint density at radius 2 is 1.97 bits per heavy atom. The fourth-order valence-electron chi connectivity index (χ4n) is 3.52. The summed E-state index contributed by atoms with van der Waals surface area (Å²) in [5.74, 6) is -0.148. The number of nitrogen functional groups attached to an aromatic ring is 1. The van der Waals surface area contributed by atoms with Gasteiger partial charge in [-0.1, -0.05) is 17.7 Å². The van der Waals surface area contributed by atoms with E-state index in [0.717, 1.165) is 11.3 Å². The minimum atomic E-state index is -0.186. The van der Waals surface area contributed by atoms with E-state index in [4.69, 9.17) is 5.73 Å². The lowest BCUT2D eigenvalue weighted by Gasteiger charge is -2.32. The van der Waals surface area contributed by atoms with Crippen LogP contribution >= 0.6 is 13.5 Å². The molecule has 2 aromatic heterocycles. The van der Waals surface area contributed by atoms with Gasteiger partial charge < -0.3 is 10.6 Å². The molecule has 0 aliphatic carbocycles. The Balaban J connectivity index is 0.00000240. The number of pyridine rings is 1. The van der Waals surface area contributed by atoms with Gasteiger partial charge in [0.15, 0.2) is 5.78 Å². The topological polar surface area (TPSA) is 94.1 Å². The summed E-state index contributed by atoms with van der Waals surface area (Å²) < 4.78 is 1.71. The van der Waals surface area contributed by atoms with Crippen LogP contribution in [0.3, 0.4) is 0 Å². The lowest BCUT2D eigenvalue weighted by molar-refractivity contribution is 0.0951. The second-order valence-electron chi connectivity index (χ2n) is 7.10. The molecule has 29 heavy (non-hydrogen) atoms. The Hall–Kier alpha value is -3.13. The van der Waals surface area contributed by atoms with Gasteiger partial charge in [0, 0.05) is 30.4 Å². The molecule has 0 bridgehead atoms. The molecule has 1 aliphatic rings. The van der Waals surface area contributed by atoms with Gasteiger partial charge >= 0.3 is 0 Å². The van der Waals surface area contributed by atoms with Crippen molar-refractivity contribution in [1.82, 2.24) is 14.8 Å². The second-order valence-corrected chi connectivity index (χ2v) is 7.10. The number of ketones is 1. The average molecular weight is 410 g/mol. The summed E-state index contributed by atoms with van der Waals surface area (Å²) in [6.07, 6.45) is 3.19. The first-order valence-corrected chi connectivity index (χ1v) is 9.14. The summed E-state index contributed by atoms with van der Waals surface area (Å²) >= 11 is 0. The van der Waals surface area contributed by atoms with Crippen LogP contribution in [0.2, 0.25) is 0 Å². The molecule has 0 saturated heterocycles. The van der Waals surface area contributed by atoms with E-state index in [-0.39, 0.29) is 43.5 Å². The molecule has 7 nitrogen and oxygen atoms in total. The standard InChI is InChI=1S/C21H21N5O2.H2S/c1-13-5-7-16(8-6-13)25-12-14(2)26-19(21(25)28)15(11-24-26)10-18(27)17-4-3-9-23-20(17)22;/h3-9,11,14H,10,12H2,1-2H3,(H2,22,23);1H2/t14-;/m0./s1. The summed E-state index contributed by atoms with van der Waals surface area (Å²) in [4.78, 5) is 31.7. The Morgan fingerprint density at radius 3 is 2.66 bits per heavy atom. The van der Waals surface area contributed by atoms with Gasteiger partial charge in [-0.15, -0.1) is 0 Å². The quantitative estimate of drug-likeness (QED) is 0.669. The molecular formula is C21H23N5O2S. The fraction of sp³-hybridized carbons (Fsp3) is 0.238. The van der Waals surface area contributed by atoms with Crippen molar-refractivity contribution in [2.24, 2.45) is 0 Å². The van der Waals surface area contributed by atoms with Crippen molar-refractivity contribution >= 4 is 36.7 Å². The third kappa shape index (κ3) is 3.75. The predicted molar refractivity (Wildman–Crippen MR) is 117 cm³/mol. The molecule has 4 rings (SSSR count). The number of carbonyl (C=O) groups is 2. The molecule has 0 radical (unpaired) electrons. The lowest BCUT2D eigenvalue weighted by Crippen LogP contribution is -2.43. The maximum absolute atomic E-state index is 13.2. The Morgan fingerprint density at radius 1 is 1.24 bits per heavy atom. The van der Waals surface area contributed by atoms with Gasteiger partial charge in [0.1, 0.15) is 11.5 Å². The number of amides is 1. The molecule has 0 spiro atoms. The van der Waals surface area contributed by atoms with Crippen LogP contribution in [0.25, 0.3) is 0 Å². The molecule has 0 unspecified atom stereocenters. The summed E-state index contributed by atoms with van der Waals surface area (Å²) in [5.41, 5.74) is 9.20. The number of hydrogen-bond acceptors (Lipinski definition) is 5. The molecule has 150 valence electrons. The van der Waals surface area contributed by atoms with Gasteiger partial charge in [0.05, 0.1) is 17.8 Å². The summed E-state index contributed by atoms with van der Waals surface area (Å²) in [6, 6.07) is 11.2. The number of hydrogen-bond donors (Lipinski definition) is 1. The Kier molecular flexibility index (Phi) is 5.74. The molecule has 1 atom stereocenters. The zero-order chi connectivity index (χ0) is 19.8. The lowest BCUT2D eigenvalue weighted by atomic mass is 10.0.